The lowest BCUT2D eigenvalue weighted by molar-refractivity contribution is -0.221. The maximum Gasteiger partial charge on any atom is 0.407 e. The number of nitrogens with zero attached hydrogens (tertiary/aromatic N) is 5. The van der Waals surface area contributed by atoms with E-state index in [0.717, 1.165) is 49.9 Å². The van der Waals surface area contributed by atoms with Crippen molar-refractivity contribution in [1.29, 1.82) is 0 Å². The summed E-state index contributed by atoms with van der Waals surface area (Å²) in [5.74, 6) is 1.91. The van der Waals surface area contributed by atoms with Crippen molar-refractivity contribution in [1.82, 2.24) is 46.5 Å². The van der Waals surface area contributed by atoms with Gasteiger partial charge in [0.15, 0.2) is 0 Å². The first-order chi connectivity index (χ1) is 37.3. The number of aliphatic hydroxyl groups is 1. The van der Waals surface area contributed by atoms with E-state index in [0.29, 0.717) is 69.3 Å². The van der Waals surface area contributed by atoms with Crippen LogP contribution >= 0.6 is 0 Å². The highest BCUT2D eigenvalue weighted by molar-refractivity contribution is 5.87. The van der Waals surface area contributed by atoms with Crippen LogP contribution in [0.5, 0.6) is 0 Å². The Balaban J connectivity index is 1.17. The molecule has 0 radical (unpaired) electrons. The highest BCUT2D eigenvalue weighted by Crippen LogP contribution is 2.42. The van der Waals surface area contributed by atoms with Crippen LogP contribution in [0.2, 0.25) is 0 Å². The van der Waals surface area contributed by atoms with Gasteiger partial charge in [0.05, 0.1) is 35.8 Å². The van der Waals surface area contributed by atoms with E-state index >= 15 is 8.78 Å². The number of ether oxygens (including phenoxy) is 1. The van der Waals surface area contributed by atoms with Crippen molar-refractivity contribution < 1.29 is 82.8 Å². The molecule has 2 aromatic heterocycles. The van der Waals surface area contributed by atoms with Crippen LogP contribution < -0.4 is 31.7 Å². The zero-order valence-electron chi connectivity index (χ0n) is 43.6. The Morgan fingerprint density at radius 1 is 0.775 bits per heavy atom. The summed E-state index contributed by atoms with van der Waals surface area (Å²) in [4.78, 5) is 72.2. The number of aliphatic hydroxyl groups excluding tert-OH is 1. The largest absolute Gasteiger partial charge is 0.465 e. The van der Waals surface area contributed by atoms with Crippen LogP contribution in [0.4, 0.5) is 59.3 Å². The Kier molecular flexibility index (Phi) is 19.4. The van der Waals surface area contributed by atoms with E-state index in [4.69, 9.17) is 4.74 Å². The maximum atomic E-state index is 15.1. The van der Waals surface area contributed by atoms with Gasteiger partial charge in [0.1, 0.15) is 29.5 Å². The lowest BCUT2D eigenvalue weighted by Crippen LogP contribution is -2.63. The fraction of sp³-hybridized carbons (Fsp3) is 0.481. The van der Waals surface area contributed by atoms with Crippen LogP contribution in [-0.4, -0.2) is 136 Å². The molecule has 434 valence electrons. The number of hydrogen-bond donors (Lipinski definition) is 7. The minimum Gasteiger partial charge on any atom is -0.465 e. The Bertz CT molecular complexity index is 2890. The number of fused-ring (bicyclic) bond motifs is 2. The van der Waals surface area contributed by atoms with E-state index < -0.39 is 121 Å². The second-order valence-corrected chi connectivity index (χ2v) is 20.6. The molecule has 0 aliphatic carbocycles. The van der Waals surface area contributed by atoms with Crippen molar-refractivity contribution in [2.75, 3.05) is 44.2 Å². The van der Waals surface area contributed by atoms with Gasteiger partial charge < -0.3 is 40.7 Å². The number of hydrazine groups is 1. The average Bonchev–Trinajstić information content (AvgIpc) is 3.89. The summed E-state index contributed by atoms with van der Waals surface area (Å²) in [5, 5.41) is 29.6. The number of alkyl halides is 8. The topological polar surface area (TPSA) is 232 Å². The van der Waals surface area contributed by atoms with Gasteiger partial charge >= 0.3 is 31.1 Å². The third-order valence-corrected chi connectivity index (χ3v) is 14.0. The van der Waals surface area contributed by atoms with E-state index in [1.807, 2.05) is 21.7 Å². The third-order valence-electron chi connectivity index (χ3n) is 14.0. The van der Waals surface area contributed by atoms with Crippen molar-refractivity contribution in [3.63, 3.8) is 0 Å². The van der Waals surface area contributed by atoms with Crippen LogP contribution in [0.3, 0.4) is 0 Å². The second-order valence-electron chi connectivity index (χ2n) is 20.6. The van der Waals surface area contributed by atoms with E-state index in [-0.39, 0.29) is 21.7 Å². The number of likely N-dealkylation sites (tertiary alicyclic amines) is 1. The number of aromatic nitrogens is 3. The normalized spacial score (nSPS) is 17.3. The van der Waals surface area contributed by atoms with Crippen LogP contribution in [0.25, 0.3) is 11.1 Å². The van der Waals surface area contributed by atoms with Gasteiger partial charge in [-0.2, -0.15) is 40.2 Å². The molecule has 80 heavy (non-hydrogen) atoms. The first-order valence-corrected chi connectivity index (χ1v) is 24.8. The molecule has 2 saturated heterocycles. The van der Waals surface area contributed by atoms with E-state index in [1.54, 1.807) is 31.3 Å². The number of halogens is 10. The highest BCUT2D eigenvalue weighted by Gasteiger charge is 2.57. The molecule has 4 aromatic rings. The lowest BCUT2D eigenvalue weighted by atomic mass is 9.82. The predicted molar refractivity (Wildman–Crippen MR) is 266 cm³/mol. The molecule has 2 bridgehead atoms. The quantitative estimate of drug-likeness (QED) is 0.0304. The molecule has 18 nitrogen and oxygen atoms in total. The number of alkyl carbamates (subject to hydrolysis) is 1. The first-order valence-electron chi connectivity index (χ1n) is 24.8. The lowest BCUT2D eigenvalue weighted by Gasteiger charge is -2.46. The smallest absolute Gasteiger partial charge is 0.407 e. The molecule has 2 aliphatic heterocycles. The molecule has 0 spiro atoms. The maximum absolute atomic E-state index is 15.1. The Morgan fingerprint density at radius 3 is 1.88 bits per heavy atom. The number of pyridine rings is 1. The molecular weight excluding hydrogens is 1080 g/mol. The second kappa shape index (κ2) is 25.2. The molecule has 7 N–H and O–H groups in total. The SMILES string of the molecule is CC(=O)N1CC2CC(C1)CN(c1ccc(C#Cc3ccc(C[C@H](NC(=O)[C@@H](NC(=O)OCCc4c(F)cc(-c5cnn(C(F)F)c5)cc4F)C(C)(C)C(F)(F)F)[C@@H](O)CNNC(=O)[C@@H](NC(=O)O)C(C)(C)C(F)(F)F)cc3)cn1)C2. The molecular formula is C52H58F10N10O8. The summed E-state index contributed by atoms with van der Waals surface area (Å²) in [6.45, 7) is 1.89. The number of anilines is 1. The van der Waals surface area contributed by atoms with Gasteiger partial charge in [-0.25, -0.2) is 33.5 Å². The predicted octanol–water partition coefficient (Wildman–Crippen LogP) is 6.48. The molecule has 5 amide bonds. The van der Waals surface area contributed by atoms with Gasteiger partial charge in [0, 0.05) is 80.7 Å². The van der Waals surface area contributed by atoms with Gasteiger partial charge in [-0.15, -0.1) is 0 Å². The van der Waals surface area contributed by atoms with Crippen molar-refractivity contribution in [3.8, 4) is 23.0 Å². The summed E-state index contributed by atoms with van der Waals surface area (Å²) in [7, 11) is 0. The monoisotopic (exact) mass is 1140 g/mol. The number of piperidine rings is 2. The van der Waals surface area contributed by atoms with Gasteiger partial charge in [0.25, 0.3) is 5.91 Å². The molecule has 4 heterocycles. The summed E-state index contributed by atoms with van der Waals surface area (Å²) >= 11 is 0. The molecule has 2 fully saturated rings. The van der Waals surface area contributed by atoms with Crippen molar-refractivity contribution in [2.45, 2.75) is 97.0 Å². The minimum atomic E-state index is -5.24. The molecule has 6 rings (SSSR count). The Labute approximate surface area is 451 Å². The number of amides is 5. The van der Waals surface area contributed by atoms with E-state index in [1.165, 1.54) is 17.4 Å². The number of carbonyl (C=O) groups excluding carboxylic acids is 4. The zero-order chi connectivity index (χ0) is 59.1. The fourth-order valence-electron chi connectivity index (χ4n) is 9.11. The van der Waals surface area contributed by atoms with Crippen molar-refractivity contribution in [2.24, 2.45) is 22.7 Å². The van der Waals surface area contributed by atoms with Gasteiger partial charge in [-0.3, -0.25) is 19.8 Å². The van der Waals surface area contributed by atoms with Gasteiger partial charge in [-0.1, -0.05) is 24.0 Å². The Hall–Kier alpha value is -7.67. The summed E-state index contributed by atoms with van der Waals surface area (Å²) in [6.07, 6.45) is -12.6. The molecule has 28 heteroatoms. The minimum absolute atomic E-state index is 0.0543. The molecule has 2 unspecified atom stereocenters. The van der Waals surface area contributed by atoms with Crippen molar-refractivity contribution >= 4 is 35.7 Å². The number of hydrogen-bond acceptors (Lipinski definition) is 11. The van der Waals surface area contributed by atoms with Crippen molar-refractivity contribution in [3.05, 3.63) is 101 Å². The highest BCUT2D eigenvalue weighted by atomic mass is 19.4. The molecule has 6 atom stereocenters. The molecule has 2 aromatic carbocycles. The molecule has 2 aliphatic rings. The Morgan fingerprint density at radius 2 is 1.35 bits per heavy atom. The zero-order valence-corrected chi connectivity index (χ0v) is 43.6. The van der Waals surface area contributed by atoms with Crippen LogP contribution in [0.1, 0.15) is 69.8 Å². The summed E-state index contributed by atoms with van der Waals surface area (Å²) < 4.78 is 147. The van der Waals surface area contributed by atoms with E-state index in [2.05, 4.69) is 37.6 Å². The average molecular weight is 1140 g/mol. The number of rotatable bonds is 19. The van der Waals surface area contributed by atoms with Gasteiger partial charge in [0.2, 0.25) is 11.8 Å². The molecule has 0 saturated carbocycles. The van der Waals surface area contributed by atoms with Crippen LogP contribution in [-0.2, 0) is 32.0 Å². The van der Waals surface area contributed by atoms with E-state index in [9.17, 15) is 69.3 Å². The summed E-state index contributed by atoms with van der Waals surface area (Å²) in [6, 6.07) is 4.68. The van der Waals surface area contributed by atoms with Crippen LogP contribution in [0, 0.1) is 46.1 Å². The number of carboxylic acid groups (broad SMARTS) is 1. The standard InChI is InChI=1S/C52H58F10N10O8/c1-28(73)70-23-32-16-33(24-70)26-71(25-32)41-13-12-31(20-63-41)11-8-29-6-9-30(10-7-29)17-39(40(74)22-64-69-45(76)43(67-47(77)78)50(4,5)52(60,61)62)66-44(75)42(49(2,3)51(57,58)59)68-48(79)80-15-14-36-37(53)18-34(19-38(36)54)35-21-65-72(27-35)46(55)56/h6-7,9-10,12-13,18-21,27,32-33,39-40,42-43,46,64,67,74H,14-17,22-26H2,1-5H3,(H,66,75)(H,68,79)(H,69,76)(H,77,78)/t32?,33?,39-,40-,42+,43+/m0/s1. The number of carbonyl (C=O) groups is 5. The van der Waals surface area contributed by atoms with Crippen LogP contribution in [0.15, 0.2) is 67.1 Å². The third kappa shape index (κ3) is 15.4. The van der Waals surface area contributed by atoms with Gasteiger partial charge in [-0.05, 0) is 99.9 Å². The number of benzene rings is 2. The number of nitrogens with one attached hydrogen (secondary N) is 5. The fourth-order valence-corrected chi connectivity index (χ4v) is 9.11. The summed E-state index contributed by atoms with van der Waals surface area (Å²) in [5.41, 5.74) is -1.63. The first kappa shape index (κ1) is 61.5.